The van der Waals surface area contributed by atoms with E-state index >= 15 is 0 Å². The predicted octanol–water partition coefficient (Wildman–Crippen LogP) is 2.92. The molecule has 0 aliphatic heterocycles. The van der Waals surface area contributed by atoms with E-state index in [1.807, 2.05) is 18.4 Å². The van der Waals surface area contributed by atoms with Gasteiger partial charge in [-0.25, -0.2) is 4.39 Å². The van der Waals surface area contributed by atoms with Gasteiger partial charge in [0.15, 0.2) is 0 Å². The molecular formula is C16H15FN2O2S. The minimum Gasteiger partial charge on any atom is -0.343 e. The Hall–Kier alpha value is -2.34. The van der Waals surface area contributed by atoms with Crippen LogP contribution in [0.5, 0.6) is 0 Å². The zero-order valence-corrected chi connectivity index (χ0v) is 12.7. The van der Waals surface area contributed by atoms with Crippen molar-refractivity contribution in [3.8, 4) is 0 Å². The fourth-order valence-electron chi connectivity index (χ4n) is 1.74. The van der Waals surface area contributed by atoms with Crippen LogP contribution in [0.2, 0.25) is 0 Å². The first kappa shape index (κ1) is 16.0. The molecule has 0 atom stereocenters. The Bertz CT molecular complexity index is 657. The Morgan fingerprint density at radius 2 is 1.68 bits per heavy atom. The van der Waals surface area contributed by atoms with Crippen LogP contribution < -0.4 is 10.6 Å². The Kier molecular flexibility index (Phi) is 5.55. The first-order valence-corrected chi connectivity index (χ1v) is 7.78. The molecule has 2 aromatic carbocycles. The number of nitrogens with one attached hydrogen (secondary N) is 2. The SMILES string of the molecule is CSc1ccc(NC(=O)CNC(=O)c2ccc(F)cc2)cc1. The van der Waals surface area contributed by atoms with Crippen LogP contribution in [-0.4, -0.2) is 24.6 Å². The Morgan fingerprint density at radius 3 is 2.27 bits per heavy atom. The van der Waals surface area contributed by atoms with Gasteiger partial charge in [-0.05, 0) is 54.8 Å². The molecule has 0 aliphatic carbocycles. The van der Waals surface area contributed by atoms with Crippen molar-refractivity contribution in [3.05, 3.63) is 59.9 Å². The fourth-order valence-corrected chi connectivity index (χ4v) is 2.15. The molecule has 0 aliphatic rings. The van der Waals surface area contributed by atoms with E-state index < -0.39 is 11.7 Å². The monoisotopic (exact) mass is 318 g/mol. The van der Waals surface area contributed by atoms with Crippen molar-refractivity contribution in [3.63, 3.8) is 0 Å². The number of anilines is 1. The summed E-state index contributed by atoms with van der Waals surface area (Å²) in [6.45, 7) is -0.152. The van der Waals surface area contributed by atoms with Gasteiger partial charge in [-0.3, -0.25) is 9.59 Å². The summed E-state index contributed by atoms with van der Waals surface area (Å²) >= 11 is 1.61. The fraction of sp³-hybridized carbons (Fsp3) is 0.125. The van der Waals surface area contributed by atoms with Gasteiger partial charge in [0.2, 0.25) is 5.91 Å². The molecule has 0 unspecified atom stereocenters. The molecule has 0 saturated heterocycles. The first-order valence-electron chi connectivity index (χ1n) is 6.56. The second kappa shape index (κ2) is 7.61. The highest BCUT2D eigenvalue weighted by atomic mass is 32.2. The molecule has 6 heteroatoms. The average molecular weight is 318 g/mol. The van der Waals surface area contributed by atoms with E-state index in [-0.39, 0.29) is 12.5 Å². The molecule has 0 fully saturated rings. The number of carbonyl (C=O) groups is 2. The van der Waals surface area contributed by atoms with E-state index in [1.54, 1.807) is 23.9 Å². The summed E-state index contributed by atoms with van der Waals surface area (Å²) in [5.74, 6) is -1.16. The minimum absolute atomic E-state index is 0.152. The molecule has 0 bridgehead atoms. The largest absolute Gasteiger partial charge is 0.343 e. The van der Waals surface area contributed by atoms with Crippen LogP contribution in [0.3, 0.4) is 0 Å². The third kappa shape index (κ3) is 4.60. The van der Waals surface area contributed by atoms with Crippen molar-refractivity contribution in [2.45, 2.75) is 4.90 Å². The van der Waals surface area contributed by atoms with Crippen LogP contribution in [0.4, 0.5) is 10.1 Å². The third-order valence-corrected chi connectivity index (χ3v) is 3.63. The minimum atomic E-state index is -0.423. The van der Waals surface area contributed by atoms with Gasteiger partial charge in [0.1, 0.15) is 5.82 Å². The summed E-state index contributed by atoms with van der Waals surface area (Å²) in [6.07, 6.45) is 1.97. The van der Waals surface area contributed by atoms with E-state index in [2.05, 4.69) is 10.6 Å². The number of hydrogen-bond donors (Lipinski definition) is 2. The molecule has 2 N–H and O–H groups in total. The molecule has 0 aromatic heterocycles. The zero-order valence-electron chi connectivity index (χ0n) is 11.9. The molecule has 0 spiro atoms. The van der Waals surface area contributed by atoms with Crippen LogP contribution >= 0.6 is 11.8 Å². The molecule has 0 heterocycles. The van der Waals surface area contributed by atoms with Gasteiger partial charge in [0.05, 0.1) is 6.54 Å². The summed E-state index contributed by atoms with van der Waals surface area (Å²) in [4.78, 5) is 24.6. The van der Waals surface area contributed by atoms with Gasteiger partial charge in [-0.2, -0.15) is 0 Å². The smallest absolute Gasteiger partial charge is 0.251 e. The van der Waals surface area contributed by atoms with E-state index in [9.17, 15) is 14.0 Å². The van der Waals surface area contributed by atoms with Crippen LogP contribution in [0, 0.1) is 5.82 Å². The van der Waals surface area contributed by atoms with Crippen molar-refractivity contribution < 1.29 is 14.0 Å². The number of hydrogen-bond acceptors (Lipinski definition) is 3. The summed E-state index contributed by atoms with van der Waals surface area (Å²) in [6, 6.07) is 12.5. The highest BCUT2D eigenvalue weighted by Gasteiger charge is 2.08. The molecule has 2 aromatic rings. The maximum absolute atomic E-state index is 12.8. The van der Waals surface area contributed by atoms with Crippen molar-refractivity contribution >= 4 is 29.3 Å². The Labute approximate surface area is 132 Å². The van der Waals surface area contributed by atoms with Crippen LogP contribution in [0.1, 0.15) is 10.4 Å². The second-order valence-electron chi connectivity index (χ2n) is 4.47. The molecule has 114 valence electrons. The lowest BCUT2D eigenvalue weighted by Crippen LogP contribution is -2.32. The summed E-state index contributed by atoms with van der Waals surface area (Å²) in [5.41, 5.74) is 0.970. The molecule has 22 heavy (non-hydrogen) atoms. The normalized spacial score (nSPS) is 10.1. The van der Waals surface area contributed by atoms with Gasteiger partial charge in [0.25, 0.3) is 5.91 Å². The maximum atomic E-state index is 12.8. The number of halogens is 1. The van der Waals surface area contributed by atoms with Gasteiger partial charge in [-0.15, -0.1) is 11.8 Å². The van der Waals surface area contributed by atoms with E-state index in [0.717, 1.165) is 4.90 Å². The highest BCUT2D eigenvalue weighted by Crippen LogP contribution is 2.17. The zero-order chi connectivity index (χ0) is 15.9. The topological polar surface area (TPSA) is 58.2 Å². The summed E-state index contributed by atoms with van der Waals surface area (Å²) in [5, 5.41) is 5.17. The van der Waals surface area contributed by atoms with Crippen molar-refractivity contribution in [2.75, 3.05) is 18.1 Å². The van der Waals surface area contributed by atoms with Crippen LogP contribution in [-0.2, 0) is 4.79 Å². The quantitative estimate of drug-likeness (QED) is 0.834. The molecule has 2 amide bonds. The lowest BCUT2D eigenvalue weighted by molar-refractivity contribution is -0.115. The summed E-state index contributed by atoms with van der Waals surface area (Å²) < 4.78 is 12.8. The lowest BCUT2D eigenvalue weighted by Gasteiger charge is -2.07. The molecule has 0 radical (unpaired) electrons. The van der Waals surface area contributed by atoms with Crippen molar-refractivity contribution in [1.82, 2.24) is 5.32 Å². The van der Waals surface area contributed by atoms with E-state index in [1.165, 1.54) is 24.3 Å². The van der Waals surface area contributed by atoms with Gasteiger partial charge in [-0.1, -0.05) is 0 Å². The molecule has 0 saturated carbocycles. The van der Waals surface area contributed by atoms with Crippen molar-refractivity contribution in [2.24, 2.45) is 0 Å². The lowest BCUT2D eigenvalue weighted by atomic mass is 10.2. The Morgan fingerprint density at radius 1 is 1.05 bits per heavy atom. The number of amides is 2. The number of carbonyl (C=O) groups excluding carboxylic acids is 2. The number of thioether (sulfide) groups is 1. The van der Waals surface area contributed by atoms with Crippen molar-refractivity contribution in [1.29, 1.82) is 0 Å². The highest BCUT2D eigenvalue weighted by molar-refractivity contribution is 7.98. The van der Waals surface area contributed by atoms with E-state index in [0.29, 0.717) is 11.3 Å². The molecule has 2 rings (SSSR count). The Balaban J connectivity index is 1.84. The molecular weight excluding hydrogens is 303 g/mol. The first-order chi connectivity index (χ1) is 10.6. The summed E-state index contributed by atoms with van der Waals surface area (Å²) in [7, 11) is 0. The predicted molar refractivity (Wildman–Crippen MR) is 85.6 cm³/mol. The van der Waals surface area contributed by atoms with Gasteiger partial charge >= 0.3 is 0 Å². The van der Waals surface area contributed by atoms with Crippen LogP contribution in [0.15, 0.2) is 53.4 Å². The average Bonchev–Trinajstić information content (AvgIpc) is 2.54. The second-order valence-corrected chi connectivity index (χ2v) is 5.35. The standard InChI is InChI=1S/C16H15FN2O2S/c1-22-14-8-6-13(7-9-14)19-15(20)10-18-16(21)11-2-4-12(17)5-3-11/h2-9H,10H2,1H3,(H,18,21)(H,19,20). The number of rotatable bonds is 5. The van der Waals surface area contributed by atoms with Gasteiger partial charge < -0.3 is 10.6 Å². The third-order valence-electron chi connectivity index (χ3n) is 2.89. The maximum Gasteiger partial charge on any atom is 0.251 e. The number of benzene rings is 2. The van der Waals surface area contributed by atoms with Crippen LogP contribution in [0.25, 0.3) is 0 Å². The van der Waals surface area contributed by atoms with Gasteiger partial charge in [0, 0.05) is 16.1 Å². The van der Waals surface area contributed by atoms with E-state index in [4.69, 9.17) is 0 Å². The molecule has 4 nitrogen and oxygen atoms in total.